The first-order valence-electron chi connectivity index (χ1n) is 22.2. The van der Waals surface area contributed by atoms with E-state index < -0.39 is 188 Å². The van der Waals surface area contributed by atoms with E-state index in [9.17, 15) is 47.4 Å². The second kappa shape index (κ2) is 20.3. The number of fused-ring (bicyclic) bond motifs is 3. The van der Waals surface area contributed by atoms with Gasteiger partial charge in [-0.15, -0.1) is 0 Å². The number of nitriles is 5. The zero-order chi connectivity index (χ0) is 60.5. The average Bonchev–Trinajstić information content (AvgIpc) is 4.29. The summed E-state index contributed by atoms with van der Waals surface area (Å²) in [5, 5.41) is 48.2. The number of allylic oxidation sites excluding steroid dienone is 2. The molecule has 0 bridgehead atoms. The minimum absolute atomic E-state index is 0.307. The van der Waals surface area contributed by atoms with Gasteiger partial charge in [0.2, 0.25) is 11.4 Å². The van der Waals surface area contributed by atoms with Crippen LogP contribution in [0.15, 0.2) is 83.8 Å². The summed E-state index contributed by atoms with van der Waals surface area (Å²) in [7, 11) is 0. The largest absolute Gasteiger partial charge is 0.262 e. The third kappa shape index (κ3) is 7.95. The van der Waals surface area contributed by atoms with Crippen LogP contribution in [0.5, 0.6) is 0 Å². The van der Waals surface area contributed by atoms with Crippen molar-refractivity contribution >= 4 is 33.9 Å². The van der Waals surface area contributed by atoms with Gasteiger partial charge in [0.25, 0.3) is 11.4 Å². The molecule has 84 heavy (non-hydrogen) atoms. The van der Waals surface area contributed by atoms with Gasteiger partial charge in [0.15, 0.2) is 105 Å². The van der Waals surface area contributed by atoms with Crippen LogP contribution in [0.4, 0.5) is 69.7 Å². The highest BCUT2D eigenvalue weighted by molar-refractivity contribution is 5.84. The molecule has 396 valence electrons. The highest BCUT2D eigenvalue weighted by Gasteiger charge is 2.34. The lowest BCUT2D eigenvalue weighted by molar-refractivity contribution is 0.446. The van der Waals surface area contributed by atoms with Crippen LogP contribution in [-0.2, 0) is 0 Å². The van der Waals surface area contributed by atoms with Crippen molar-refractivity contribution in [3.8, 4) is 64.5 Å². The van der Waals surface area contributed by atoms with Crippen LogP contribution in [0.25, 0.3) is 70.4 Å². The third-order valence-electron chi connectivity index (χ3n) is 12.3. The van der Waals surface area contributed by atoms with Gasteiger partial charge in [-0.1, -0.05) is 6.07 Å². The molecule has 3 aliphatic rings. The number of hydrogen-bond donors (Lipinski definition) is 0. The molecule has 3 aliphatic heterocycles. The molecule has 0 unspecified atom stereocenters. The van der Waals surface area contributed by atoms with E-state index in [1.165, 1.54) is 12.1 Å². The summed E-state index contributed by atoms with van der Waals surface area (Å²) in [6.45, 7) is 29.8. The van der Waals surface area contributed by atoms with Crippen LogP contribution in [-0.4, -0.2) is 15.0 Å². The van der Waals surface area contributed by atoms with Gasteiger partial charge in [0, 0.05) is 16.7 Å². The Morgan fingerprint density at radius 1 is 0.357 bits per heavy atom. The normalized spacial score (nSPS) is 13.9. The van der Waals surface area contributed by atoms with Gasteiger partial charge in [-0.05, 0) is 30.3 Å². The minimum Gasteiger partial charge on any atom is -0.250 e. The van der Waals surface area contributed by atoms with Crippen molar-refractivity contribution in [1.82, 2.24) is 15.0 Å². The predicted octanol–water partition coefficient (Wildman–Crippen LogP) is 8.60. The molecule has 0 fully saturated rings. The lowest BCUT2D eigenvalue weighted by atomic mass is 10.0. The highest BCUT2D eigenvalue weighted by Crippen LogP contribution is 2.39. The van der Waals surface area contributed by atoms with Gasteiger partial charge in [0.05, 0.1) is 75.5 Å². The Bertz CT molecular complexity index is 4730. The fourth-order valence-corrected chi connectivity index (χ4v) is 8.50. The summed E-state index contributed by atoms with van der Waals surface area (Å²) in [5.74, 6) is -30.5. The number of benzene rings is 6. The van der Waals surface area contributed by atoms with Crippen molar-refractivity contribution < 1.29 is 52.7 Å². The molecule has 0 radical (unpaired) electrons. The average molecular weight is 1130 g/mol. The molecule has 18 nitrogen and oxygen atoms in total. The maximum absolute atomic E-state index is 15.3. The molecule has 0 aliphatic carbocycles. The molecule has 0 atom stereocenters. The summed E-state index contributed by atoms with van der Waals surface area (Å²) >= 11 is 0. The molecule has 0 amide bonds. The van der Waals surface area contributed by atoms with Crippen LogP contribution < -0.4 is 32.1 Å². The van der Waals surface area contributed by atoms with E-state index in [-0.39, 0.29) is 32.8 Å². The van der Waals surface area contributed by atoms with E-state index >= 15 is 26.3 Å². The summed E-state index contributed by atoms with van der Waals surface area (Å²) in [6.07, 6.45) is 0. The van der Waals surface area contributed by atoms with Gasteiger partial charge in [-0.2, -0.15) is 26.3 Å². The van der Waals surface area contributed by atoms with Crippen LogP contribution >= 0.6 is 0 Å². The number of nitrogens with zero attached hydrogens (tertiary/aromatic N) is 18. The molecule has 0 saturated heterocycles. The monoisotopic (exact) mass is 1130 g/mol. The molecule has 1 aromatic heterocycles. The molecule has 10 rings (SSSR count). The second-order valence-electron chi connectivity index (χ2n) is 16.6. The Morgan fingerprint density at radius 3 is 1.05 bits per heavy atom. The van der Waals surface area contributed by atoms with Gasteiger partial charge in [0.1, 0.15) is 57.8 Å². The van der Waals surface area contributed by atoms with Crippen molar-refractivity contribution in [2.24, 2.45) is 30.0 Å². The van der Waals surface area contributed by atoms with Gasteiger partial charge < -0.3 is 0 Å². The van der Waals surface area contributed by atoms with E-state index in [1.54, 1.807) is 12.1 Å². The molecular formula is C54H6F12N18. The summed E-state index contributed by atoms with van der Waals surface area (Å²) in [5.41, 5.74) is -16.4. The molecule has 0 N–H and O–H groups in total. The zero-order valence-electron chi connectivity index (χ0n) is 40.0. The minimum atomic E-state index is -2.18. The summed E-state index contributed by atoms with van der Waals surface area (Å²) in [6, 6.07) is 13.8. The van der Waals surface area contributed by atoms with Gasteiger partial charge >= 0.3 is 0 Å². The first kappa shape index (κ1) is 54.3. The molecule has 7 aromatic rings. The molecule has 4 heterocycles. The van der Waals surface area contributed by atoms with Crippen LogP contribution in [0, 0.1) is 153 Å². The SMILES string of the molecule is [C-]#[N+]/C(=C1/N=c2ccc(-c3nc(-c4ccc5c(c4C#N)=N/C(=C(\C#N)c4c(F)c(F)c([N+]#[C-])c(F)c4F)N=5)nc(-c4ccc5c(c4C#N)=N/C(=C(\C#N)c4c(F)c(F)c([N+]#[C-])c(F)c4F)N=5)n3)c([N+]#[C-])c2=N1)c1c(F)c(F)c(C#N)c(F)c1F. The fourth-order valence-electron chi connectivity index (χ4n) is 8.50. The maximum Gasteiger partial charge on any atom is 0.262 e. The lowest BCUT2D eigenvalue weighted by Gasteiger charge is -2.11. The standard InChI is InChI=1S/C54H6F12N18/c1-72-44-18(7-10-26-45(44)81-54(78-26)46(73-2)29-36(61)30(55)23(15-71)31(56)37(29)62)51-83-49(16-5-8-24-42(19(16)11-67)79-52(76-24)21(13-69)27-32(57)38(63)47(74-3)39(64)33(27)58)82-50(84-51)17-6-9-25-43(20(17)12-68)80-53(77-25)22(14-70)28-34(59)40(65)48(75-4)41(66)35(28)60/h5-10H/b52-21+,53-22+,54-46-. The zero-order valence-corrected chi connectivity index (χ0v) is 40.0. The van der Waals surface area contributed by atoms with E-state index in [0.29, 0.717) is 0 Å². The Balaban J connectivity index is 1.23. The molecule has 0 saturated carbocycles. The fraction of sp³-hybridized carbons (Fsp3) is 0. The molecule has 0 spiro atoms. The van der Waals surface area contributed by atoms with Crippen molar-refractivity contribution in [3.05, 3.63) is 235 Å². The first-order valence-corrected chi connectivity index (χ1v) is 22.2. The third-order valence-corrected chi connectivity index (χ3v) is 12.3. The van der Waals surface area contributed by atoms with Crippen molar-refractivity contribution in [2.75, 3.05) is 0 Å². The highest BCUT2D eigenvalue weighted by atomic mass is 19.2. The predicted molar refractivity (Wildman–Crippen MR) is 253 cm³/mol. The van der Waals surface area contributed by atoms with Crippen LogP contribution in [0.1, 0.15) is 33.4 Å². The molecule has 6 aromatic carbocycles. The number of hydrogen-bond acceptors (Lipinski definition) is 14. The van der Waals surface area contributed by atoms with Crippen molar-refractivity contribution in [2.45, 2.75) is 0 Å². The summed E-state index contributed by atoms with van der Waals surface area (Å²) < 4.78 is 181. The Labute approximate surface area is 456 Å². The van der Waals surface area contributed by atoms with E-state index in [0.717, 1.165) is 42.5 Å². The maximum atomic E-state index is 15.3. The first-order chi connectivity index (χ1) is 40.3. The number of aromatic nitrogens is 3. The Hall–Kier alpha value is -13.1. The van der Waals surface area contributed by atoms with Crippen LogP contribution in [0.2, 0.25) is 0 Å². The number of halogens is 12. The van der Waals surface area contributed by atoms with E-state index in [4.69, 9.17) is 31.6 Å². The topological polar surface area (TPSA) is 249 Å². The van der Waals surface area contributed by atoms with E-state index in [2.05, 4.69) is 64.3 Å². The second-order valence-corrected chi connectivity index (χ2v) is 16.6. The van der Waals surface area contributed by atoms with E-state index in [1.807, 2.05) is 0 Å². The lowest BCUT2D eigenvalue weighted by Crippen LogP contribution is -2.26. The molecular weight excluding hydrogens is 1130 g/mol. The van der Waals surface area contributed by atoms with Gasteiger partial charge in [-0.3, -0.25) is 4.99 Å². The smallest absolute Gasteiger partial charge is 0.250 e. The Morgan fingerprint density at radius 2 is 0.690 bits per heavy atom. The summed E-state index contributed by atoms with van der Waals surface area (Å²) in [4.78, 5) is 48.9. The van der Waals surface area contributed by atoms with Crippen molar-refractivity contribution in [1.29, 1.82) is 26.3 Å². The van der Waals surface area contributed by atoms with Crippen molar-refractivity contribution in [3.63, 3.8) is 0 Å². The molecule has 30 heteroatoms. The van der Waals surface area contributed by atoms with Crippen LogP contribution in [0.3, 0.4) is 0 Å². The quantitative estimate of drug-likeness (QED) is 0.0673. The number of rotatable bonds is 6. The Kier molecular flexibility index (Phi) is 13.1. The van der Waals surface area contributed by atoms with Gasteiger partial charge in [-0.25, -0.2) is 112 Å².